The highest BCUT2D eigenvalue weighted by atomic mass is 16.1. The summed E-state index contributed by atoms with van der Waals surface area (Å²) in [6, 6.07) is 1.78. The van der Waals surface area contributed by atoms with Crippen molar-refractivity contribution in [3.63, 3.8) is 0 Å². The maximum absolute atomic E-state index is 11.3. The third kappa shape index (κ3) is 2.60. The predicted octanol–water partition coefficient (Wildman–Crippen LogP) is 0.171. The van der Waals surface area contributed by atoms with Crippen LogP contribution in [0.3, 0.4) is 0 Å². The highest BCUT2D eigenvalue weighted by Crippen LogP contribution is 2.16. The van der Waals surface area contributed by atoms with Crippen LogP contribution in [0.15, 0.2) is 17.2 Å². The van der Waals surface area contributed by atoms with Crippen LogP contribution in [-0.2, 0) is 0 Å². The molecule has 1 aliphatic rings. The predicted molar refractivity (Wildman–Crippen MR) is 72.3 cm³/mol. The summed E-state index contributed by atoms with van der Waals surface area (Å²) in [5.41, 5.74) is 0.329. The molecule has 102 valence electrons. The Balaban J connectivity index is 1.63. The number of likely N-dealkylation sites (tertiary alicyclic amines) is 1. The number of nitrogens with zero attached hydrogens (tertiary/aromatic N) is 4. The van der Waals surface area contributed by atoms with Gasteiger partial charge in [-0.3, -0.25) is 0 Å². The highest BCUT2D eigenvalue weighted by molar-refractivity contribution is 5.48. The maximum Gasteiger partial charge on any atom is 0.348 e. The first-order valence-electron chi connectivity index (χ1n) is 6.57. The molecule has 0 radical (unpaired) electrons. The SMILES string of the molecule is CN1CCC(CNc2cc3n[nH]c(=O)n3cn2)CC1. The van der Waals surface area contributed by atoms with Crippen LogP contribution in [0.5, 0.6) is 0 Å². The topological polar surface area (TPSA) is 78.3 Å². The number of nitrogens with one attached hydrogen (secondary N) is 2. The molecule has 2 N–H and O–H groups in total. The van der Waals surface area contributed by atoms with Crippen LogP contribution in [0, 0.1) is 5.92 Å². The van der Waals surface area contributed by atoms with Crippen LogP contribution in [0.2, 0.25) is 0 Å². The molecule has 3 heterocycles. The fraction of sp³-hybridized carbons (Fsp3) is 0.583. The van der Waals surface area contributed by atoms with Gasteiger partial charge in [-0.2, -0.15) is 5.10 Å². The molecule has 1 aliphatic heterocycles. The van der Waals surface area contributed by atoms with E-state index < -0.39 is 0 Å². The Kier molecular flexibility index (Phi) is 3.20. The Morgan fingerprint density at radius 3 is 3.05 bits per heavy atom. The number of piperidine rings is 1. The lowest BCUT2D eigenvalue weighted by Crippen LogP contribution is -2.33. The van der Waals surface area contributed by atoms with E-state index in [0.29, 0.717) is 11.6 Å². The van der Waals surface area contributed by atoms with Gasteiger partial charge in [-0.25, -0.2) is 19.3 Å². The summed E-state index contributed by atoms with van der Waals surface area (Å²) in [5.74, 6) is 1.46. The van der Waals surface area contributed by atoms with Crippen molar-refractivity contribution in [2.45, 2.75) is 12.8 Å². The van der Waals surface area contributed by atoms with E-state index in [0.717, 1.165) is 25.5 Å². The van der Waals surface area contributed by atoms with E-state index in [9.17, 15) is 4.79 Å². The second-order valence-electron chi connectivity index (χ2n) is 5.16. The Bertz CT molecular complexity index is 610. The molecule has 0 unspecified atom stereocenters. The molecular weight excluding hydrogens is 244 g/mol. The molecule has 2 aromatic rings. The van der Waals surface area contributed by atoms with Crippen molar-refractivity contribution in [2.24, 2.45) is 5.92 Å². The van der Waals surface area contributed by atoms with Crippen LogP contribution in [-0.4, -0.2) is 51.2 Å². The summed E-state index contributed by atoms with van der Waals surface area (Å²) >= 11 is 0. The maximum atomic E-state index is 11.3. The van der Waals surface area contributed by atoms with Crippen molar-refractivity contribution in [3.8, 4) is 0 Å². The minimum Gasteiger partial charge on any atom is -0.370 e. The lowest BCUT2D eigenvalue weighted by molar-refractivity contribution is 0.226. The number of hydrogen-bond acceptors (Lipinski definition) is 5. The number of fused-ring (bicyclic) bond motifs is 1. The number of rotatable bonds is 3. The number of anilines is 1. The monoisotopic (exact) mass is 262 g/mol. The summed E-state index contributed by atoms with van der Waals surface area (Å²) in [7, 11) is 2.16. The van der Waals surface area contributed by atoms with Gasteiger partial charge in [0.1, 0.15) is 12.1 Å². The van der Waals surface area contributed by atoms with Crippen molar-refractivity contribution in [1.82, 2.24) is 24.5 Å². The van der Waals surface area contributed by atoms with Gasteiger partial charge in [0, 0.05) is 12.6 Å². The number of aromatic nitrogens is 4. The molecular formula is C12H18N6O. The van der Waals surface area contributed by atoms with Crippen molar-refractivity contribution < 1.29 is 0 Å². The van der Waals surface area contributed by atoms with Gasteiger partial charge < -0.3 is 10.2 Å². The molecule has 0 atom stereocenters. The third-order valence-corrected chi connectivity index (χ3v) is 3.72. The fourth-order valence-corrected chi connectivity index (χ4v) is 2.42. The zero-order chi connectivity index (χ0) is 13.2. The van der Waals surface area contributed by atoms with Gasteiger partial charge in [0.15, 0.2) is 5.65 Å². The fourth-order valence-electron chi connectivity index (χ4n) is 2.42. The molecule has 2 aromatic heterocycles. The molecule has 1 saturated heterocycles. The Hall–Kier alpha value is -1.89. The summed E-state index contributed by atoms with van der Waals surface area (Å²) in [6.45, 7) is 3.24. The number of hydrogen-bond donors (Lipinski definition) is 2. The van der Waals surface area contributed by atoms with E-state index in [1.54, 1.807) is 6.07 Å². The Labute approximate surface area is 110 Å². The molecule has 1 fully saturated rings. The first kappa shape index (κ1) is 12.2. The van der Waals surface area contributed by atoms with Crippen molar-refractivity contribution in [1.29, 1.82) is 0 Å². The molecule has 0 spiro atoms. The van der Waals surface area contributed by atoms with Gasteiger partial charge in [-0.15, -0.1) is 0 Å². The normalized spacial score (nSPS) is 17.9. The summed E-state index contributed by atoms with van der Waals surface area (Å²) in [5, 5.41) is 9.65. The zero-order valence-corrected chi connectivity index (χ0v) is 11.0. The molecule has 0 saturated carbocycles. The molecule has 0 bridgehead atoms. The minimum atomic E-state index is -0.260. The quantitative estimate of drug-likeness (QED) is 0.824. The lowest BCUT2D eigenvalue weighted by atomic mass is 9.97. The zero-order valence-electron chi connectivity index (χ0n) is 11.0. The van der Waals surface area contributed by atoms with Crippen molar-refractivity contribution >= 4 is 11.5 Å². The van der Waals surface area contributed by atoms with Crippen LogP contribution < -0.4 is 11.0 Å². The van der Waals surface area contributed by atoms with E-state index in [1.807, 2.05) is 0 Å². The van der Waals surface area contributed by atoms with Gasteiger partial charge in [-0.1, -0.05) is 0 Å². The average molecular weight is 262 g/mol. The number of aromatic amines is 1. The summed E-state index contributed by atoms with van der Waals surface area (Å²) in [4.78, 5) is 17.9. The van der Waals surface area contributed by atoms with Gasteiger partial charge in [-0.05, 0) is 38.9 Å². The van der Waals surface area contributed by atoms with E-state index >= 15 is 0 Å². The van der Waals surface area contributed by atoms with Gasteiger partial charge in [0.25, 0.3) is 0 Å². The molecule has 0 aromatic carbocycles. The van der Waals surface area contributed by atoms with E-state index in [4.69, 9.17) is 0 Å². The first-order valence-corrected chi connectivity index (χ1v) is 6.57. The second kappa shape index (κ2) is 5.00. The van der Waals surface area contributed by atoms with Gasteiger partial charge in [0.2, 0.25) is 0 Å². The Morgan fingerprint density at radius 2 is 2.26 bits per heavy atom. The van der Waals surface area contributed by atoms with Crippen molar-refractivity contribution in [2.75, 3.05) is 32.0 Å². The average Bonchev–Trinajstić information content (AvgIpc) is 2.79. The molecule has 7 heteroatoms. The molecule has 0 amide bonds. The minimum absolute atomic E-state index is 0.260. The highest BCUT2D eigenvalue weighted by Gasteiger charge is 2.16. The van der Waals surface area contributed by atoms with Crippen molar-refractivity contribution in [3.05, 3.63) is 22.9 Å². The second-order valence-corrected chi connectivity index (χ2v) is 5.16. The smallest absolute Gasteiger partial charge is 0.348 e. The van der Waals surface area contributed by atoms with Gasteiger partial charge >= 0.3 is 5.69 Å². The van der Waals surface area contributed by atoms with E-state index in [2.05, 4.69) is 32.4 Å². The van der Waals surface area contributed by atoms with Crippen LogP contribution in [0.1, 0.15) is 12.8 Å². The van der Waals surface area contributed by atoms with E-state index in [-0.39, 0.29) is 5.69 Å². The standard InChI is InChI=1S/C12H18N6O/c1-17-4-2-9(3-5-17)7-13-10-6-11-15-16-12(19)18(11)8-14-10/h6,8-9,13H,2-5,7H2,1H3,(H,16,19). The lowest BCUT2D eigenvalue weighted by Gasteiger charge is -2.29. The largest absolute Gasteiger partial charge is 0.370 e. The number of H-pyrrole nitrogens is 1. The van der Waals surface area contributed by atoms with Gasteiger partial charge in [0.05, 0.1) is 0 Å². The molecule has 3 rings (SSSR count). The third-order valence-electron chi connectivity index (χ3n) is 3.72. The van der Waals surface area contributed by atoms with Crippen LogP contribution >= 0.6 is 0 Å². The molecule has 7 nitrogen and oxygen atoms in total. The Morgan fingerprint density at radius 1 is 1.47 bits per heavy atom. The summed E-state index contributed by atoms with van der Waals surface area (Å²) < 4.78 is 1.39. The first-order chi connectivity index (χ1) is 9.22. The van der Waals surface area contributed by atoms with Crippen LogP contribution in [0.25, 0.3) is 5.65 Å². The molecule has 19 heavy (non-hydrogen) atoms. The van der Waals surface area contributed by atoms with Crippen LogP contribution in [0.4, 0.5) is 5.82 Å². The van der Waals surface area contributed by atoms with E-state index in [1.165, 1.54) is 23.6 Å². The summed E-state index contributed by atoms with van der Waals surface area (Å²) in [6.07, 6.45) is 3.93. The molecule has 0 aliphatic carbocycles.